The summed E-state index contributed by atoms with van der Waals surface area (Å²) in [5.41, 5.74) is 0. The monoisotopic (exact) mass is 265 g/mol. The van der Waals surface area contributed by atoms with E-state index >= 15 is 0 Å². The van der Waals surface area contributed by atoms with Crippen LogP contribution in [0.4, 0.5) is 0 Å². The summed E-state index contributed by atoms with van der Waals surface area (Å²) in [7, 11) is 0. The Bertz CT molecular complexity index is 216. The van der Waals surface area contributed by atoms with Crippen molar-refractivity contribution in [3.8, 4) is 0 Å². The second-order valence-corrected chi connectivity index (χ2v) is 4.44. The standard InChI is InChI=1S/C11H23NO4S/c1-2-3-4-5-12(6-9(14)7-13)10(8-17)11(15)16/h9-10,13-14,17H,2-8H2,1H3,(H,15,16)/t9?,10-/m0/s1. The molecule has 0 radical (unpaired) electrons. The van der Waals surface area contributed by atoms with Gasteiger partial charge in [-0.25, -0.2) is 0 Å². The molecule has 0 fully saturated rings. The molecular formula is C11H23NO4S. The highest BCUT2D eigenvalue weighted by molar-refractivity contribution is 7.80. The Balaban J connectivity index is 4.40. The Morgan fingerprint density at radius 2 is 2.06 bits per heavy atom. The lowest BCUT2D eigenvalue weighted by molar-refractivity contribution is -0.143. The lowest BCUT2D eigenvalue weighted by Gasteiger charge is -2.29. The van der Waals surface area contributed by atoms with Crippen LogP contribution in [0.1, 0.15) is 26.2 Å². The van der Waals surface area contributed by atoms with Crippen LogP contribution in [0.2, 0.25) is 0 Å². The molecule has 102 valence electrons. The van der Waals surface area contributed by atoms with E-state index in [-0.39, 0.29) is 18.9 Å². The number of aliphatic hydroxyl groups excluding tert-OH is 2. The maximum absolute atomic E-state index is 11.0. The molecule has 0 heterocycles. The van der Waals surface area contributed by atoms with Gasteiger partial charge in [0.1, 0.15) is 6.04 Å². The third-order valence-corrected chi connectivity index (χ3v) is 2.95. The molecule has 0 aromatic heterocycles. The zero-order valence-electron chi connectivity index (χ0n) is 10.2. The average Bonchev–Trinajstić information content (AvgIpc) is 2.29. The summed E-state index contributed by atoms with van der Waals surface area (Å²) in [4.78, 5) is 12.7. The molecular weight excluding hydrogens is 242 g/mol. The van der Waals surface area contributed by atoms with Crippen molar-refractivity contribution in [2.24, 2.45) is 0 Å². The quantitative estimate of drug-likeness (QED) is 0.335. The van der Waals surface area contributed by atoms with Crippen molar-refractivity contribution in [3.63, 3.8) is 0 Å². The molecule has 0 bridgehead atoms. The van der Waals surface area contributed by atoms with Crippen molar-refractivity contribution in [2.45, 2.75) is 38.3 Å². The minimum atomic E-state index is -0.943. The van der Waals surface area contributed by atoms with Crippen LogP contribution in [-0.2, 0) is 4.79 Å². The molecule has 0 aliphatic heterocycles. The molecule has 2 atom stereocenters. The van der Waals surface area contributed by atoms with Gasteiger partial charge >= 0.3 is 5.97 Å². The van der Waals surface area contributed by atoms with E-state index in [4.69, 9.17) is 10.2 Å². The van der Waals surface area contributed by atoms with Crippen LogP contribution in [0.5, 0.6) is 0 Å². The highest BCUT2D eigenvalue weighted by atomic mass is 32.1. The van der Waals surface area contributed by atoms with E-state index in [1.807, 2.05) is 0 Å². The first-order chi connectivity index (χ1) is 8.06. The predicted molar refractivity (Wildman–Crippen MR) is 69.5 cm³/mol. The third-order valence-electron chi connectivity index (χ3n) is 2.60. The number of aliphatic carboxylic acids is 1. The first kappa shape index (κ1) is 16.7. The molecule has 0 amide bonds. The molecule has 0 aromatic carbocycles. The van der Waals surface area contributed by atoms with Crippen LogP contribution in [0.3, 0.4) is 0 Å². The van der Waals surface area contributed by atoms with Gasteiger partial charge in [-0.2, -0.15) is 12.6 Å². The Labute approximate surface area is 108 Å². The molecule has 0 rings (SSSR count). The number of thiol groups is 1. The number of rotatable bonds is 10. The van der Waals surface area contributed by atoms with E-state index in [2.05, 4.69) is 19.6 Å². The molecule has 17 heavy (non-hydrogen) atoms. The van der Waals surface area contributed by atoms with Gasteiger partial charge in [-0.05, 0) is 13.0 Å². The number of hydrogen-bond donors (Lipinski definition) is 4. The summed E-state index contributed by atoms with van der Waals surface area (Å²) in [6.07, 6.45) is 2.05. The number of hydrogen-bond acceptors (Lipinski definition) is 5. The lowest BCUT2D eigenvalue weighted by atomic mass is 10.2. The van der Waals surface area contributed by atoms with Crippen LogP contribution in [0.25, 0.3) is 0 Å². The molecule has 0 spiro atoms. The molecule has 0 aromatic rings. The molecule has 1 unspecified atom stereocenters. The van der Waals surface area contributed by atoms with E-state index in [1.165, 1.54) is 0 Å². The van der Waals surface area contributed by atoms with Crippen molar-refractivity contribution >= 4 is 18.6 Å². The zero-order chi connectivity index (χ0) is 13.3. The van der Waals surface area contributed by atoms with E-state index in [1.54, 1.807) is 4.90 Å². The van der Waals surface area contributed by atoms with Gasteiger partial charge in [0.05, 0.1) is 12.7 Å². The molecule has 0 saturated heterocycles. The van der Waals surface area contributed by atoms with Crippen molar-refractivity contribution in [1.29, 1.82) is 0 Å². The van der Waals surface area contributed by atoms with Crippen LogP contribution in [-0.4, -0.2) is 63.8 Å². The fourth-order valence-electron chi connectivity index (χ4n) is 1.62. The van der Waals surface area contributed by atoms with Gasteiger partial charge < -0.3 is 15.3 Å². The summed E-state index contributed by atoms with van der Waals surface area (Å²) >= 11 is 4.02. The van der Waals surface area contributed by atoms with E-state index < -0.39 is 18.1 Å². The number of aliphatic hydroxyl groups is 2. The van der Waals surface area contributed by atoms with Gasteiger partial charge in [0.25, 0.3) is 0 Å². The second-order valence-electron chi connectivity index (χ2n) is 4.08. The number of carboxylic acids is 1. The van der Waals surface area contributed by atoms with E-state index in [0.717, 1.165) is 19.3 Å². The number of unbranched alkanes of at least 4 members (excludes halogenated alkanes) is 2. The number of carboxylic acid groups (broad SMARTS) is 1. The van der Waals surface area contributed by atoms with Gasteiger partial charge in [-0.15, -0.1) is 0 Å². The maximum atomic E-state index is 11.0. The Morgan fingerprint density at radius 3 is 2.47 bits per heavy atom. The summed E-state index contributed by atoms with van der Waals surface area (Å²) in [6, 6.07) is -0.712. The van der Waals surface area contributed by atoms with Gasteiger partial charge in [0.15, 0.2) is 0 Å². The average molecular weight is 265 g/mol. The predicted octanol–water partition coefficient (Wildman–Crippen LogP) is 0.215. The van der Waals surface area contributed by atoms with Gasteiger partial charge in [0, 0.05) is 12.3 Å². The number of nitrogens with zero attached hydrogens (tertiary/aromatic N) is 1. The normalized spacial score (nSPS) is 14.9. The second kappa shape index (κ2) is 9.70. The maximum Gasteiger partial charge on any atom is 0.321 e. The van der Waals surface area contributed by atoms with Crippen LogP contribution in [0, 0.1) is 0 Å². The van der Waals surface area contributed by atoms with Crippen LogP contribution in [0.15, 0.2) is 0 Å². The summed E-state index contributed by atoms with van der Waals surface area (Å²) in [5, 5.41) is 27.3. The minimum absolute atomic E-state index is 0.164. The SMILES string of the molecule is CCCCCN(CC(O)CO)[C@@H](CS)C(=O)O. The first-order valence-electron chi connectivity index (χ1n) is 5.93. The smallest absolute Gasteiger partial charge is 0.321 e. The van der Waals surface area contributed by atoms with Gasteiger partial charge in [-0.3, -0.25) is 9.69 Å². The van der Waals surface area contributed by atoms with Crippen molar-refractivity contribution in [1.82, 2.24) is 4.90 Å². The first-order valence-corrected chi connectivity index (χ1v) is 6.56. The largest absolute Gasteiger partial charge is 0.480 e. The van der Waals surface area contributed by atoms with Gasteiger partial charge in [-0.1, -0.05) is 19.8 Å². The van der Waals surface area contributed by atoms with E-state index in [9.17, 15) is 9.90 Å². The topological polar surface area (TPSA) is 81.0 Å². The van der Waals surface area contributed by atoms with Crippen molar-refractivity contribution in [2.75, 3.05) is 25.4 Å². The Morgan fingerprint density at radius 1 is 1.41 bits per heavy atom. The fraction of sp³-hybridized carbons (Fsp3) is 0.909. The summed E-state index contributed by atoms with van der Waals surface area (Å²) in [6.45, 7) is 2.48. The minimum Gasteiger partial charge on any atom is -0.480 e. The third kappa shape index (κ3) is 6.88. The fourth-order valence-corrected chi connectivity index (χ4v) is 2.00. The molecule has 3 N–H and O–H groups in total. The molecule has 5 nitrogen and oxygen atoms in total. The summed E-state index contributed by atoms with van der Waals surface area (Å²) in [5.74, 6) is -0.749. The van der Waals surface area contributed by atoms with E-state index in [0.29, 0.717) is 6.54 Å². The van der Waals surface area contributed by atoms with Crippen LogP contribution < -0.4 is 0 Å². The van der Waals surface area contributed by atoms with Crippen LogP contribution >= 0.6 is 12.6 Å². The molecule has 6 heteroatoms. The van der Waals surface area contributed by atoms with Crippen molar-refractivity contribution < 1.29 is 20.1 Å². The molecule has 0 aliphatic rings. The Kier molecular flexibility index (Phi) is 9.53. The zero-order valence-corrected chi connectivity index (χ0v) is 11.1. The highest BCUT2D eigenvalue weighted by Crippen LogP contribution is 2.07. The highest BCUT2D eigenvalue weighted by Gasteiger charge is 2.25. The summed E-state index contributed by atoms with van der Waals surface area (Å²) < 4.78 is 0. The number of carbonyl (C=O) groups is 1. The van der Waals surface area contributed by atoms with Crippen molar-refractivity contribution in [3.05, 3.63) is 0 Å². The molecule has 0 aliphatic carbocycles. The Hall–Kier alpha value is -0.300. The lowest BCUT2D eigenvalue weighted by Crippen LogP contribution is -2.47. The van der Waals surface area contributed by atoms with Gasteiger partial charge in [0.2, 0.25) is 0 Å². The molecule has 0 saturated carbocycles.